The number of esters is 1. The second-order valence-corrected chi connectivity index (χ2v) is 4.75. The molecule has 1 aromatic rings. The van der Waals surface area contributed by atoms with Gasteiger partial charge < -0.3 is 9.47 Å². The van der Waals surface area contributed by atoms with Gasteiger partial charge >= 0.3 is 5.97 Å². The molecule has 0 amide bonds. The number of ketones is 1. The first kappa shape index (κ1) is 14.7. The van der Waals surface area contributed by atoms with E-state index in [-0.39, 0.29) is 18.2 Å². The third-order valence-corrected chi connectivity index (χ3v) is 3.20. The van der Waals surface area contributed by atoms with Gasteiger partial charge in [0.05, 0.1) is 25.1 Å². The first-order valence-electron chi connectivity index (χ1n) is 5.44. The van der Waals surface area contributed by atoms with Crippen LogP contribution in [-0.2, 0) is 9.53 Å². The Bertz CT molecular complexity index is 456. The molecule has 0 radical (unpaired) electrons. The molecule has 4 nitrogen and oxygen atoms in total. The van der Waals surface area contributed by atoms with Crippen LogP contribution < -0.4 is 4.74 Å². The van der Waals surface area contributed by atoms with E-state index in [2.05, 4.69) is 20.7 Å². The van der Waals surface area contributed by atoms with Gasteiger partial charge in [0.2, 0.25) is 0 Å². The zero-order valence-corrected chi connectivity index (χ0v) is 12.1. The summed E-state index contributed by atoms with van der Waals surface area (Å²) in [4.78, 5) is 23.2. The Labute approximate surface area is 114 Å². The van der Waals surface area contributed by atoms with E-state index in [0.717, 1.165) is 0 Å². The van der Waals surface area contributed by atoms with Crippen molar-refractivity contribution < 1.29 is 19.1 Å². The van der Waals surface area contributed by atoms with Crippen molar-refractivity contribution in [2.75, 3.05) is 14.2 Å². The van der Waals surface area contributed by atoms with Gasteiger partial charge in [-0.3, -0.25) is 9.59 Å². The summed E-state index contributed by atoms with van der Waals surface area (Å²) in [7, 11) is 2.87. The molecule has 18 heavy (non-hydrogen) atoms. The molecule has 0 bridgehead atoms. The van der Waals surface area contributed by atoms with E-state index in [1.807, 2.05) is 0 Å². The lowest BCUT2D eigenvalue weighted by Gasteiger charge is -2.10. The Morgan fingerprint density at radius 1 is 1.33 bits per heavy atom. The number of methoxy groups -OCH3 is 2. The lowest BCUT2D eigenvalue weighted by molar-refractivity contribution is -0.141. The molecule has 1 atom stereocenters. The molecule has 0 aliphatic rings. The molecule has 0 aliphatic carbocycles. The molecule has 1 aromatic carbocycles. The monoisotopic (exact) mass is 314 g/mol. The second-order valence-electron chi connectivity index (χ2n) is 3.89. The number of hydrogen-bond donors (Lipinski definition) is 0. The normalized spacial score (nSPS) is 11.8. The van der Waals surface area contributed by atoms with Crippen molar-refractivity contribution in [1.82, 2.24) is 0 Å². The number of carbonyl (C=O) groups excluding carboxylic acids is 2. The number of Topliss-reactive ketones (excluding diaryl/α,β-unsaturated/α-hetero) is 1. The highest BCUT2D eigenvalue weighted by Gasteiger charge is 2.19. The van der Waals surface area contributed by atoms with Gasteiger partial charge in [0.25, 0.3) is 0 Å². The van der Waals surface area contributed by atoms with E-state index in [9.17, 15) is 9.59 Å². The predicted molar refractivity (Wildman–Crippen MR) is 70.8 cm³/mol. The minimum atomic E-state index is -0.405. The van der Waals surface area contributed by atoms with Crippen molar-refractivity contribution in [3.05, 3.63) is 28.2 Å². The minimum Gasteiger partial charge on any atom is -0.496 e. The lowest BCUT2D eigenvalue weighted by Crippen LogP contribution is -2.16. The summed E-state index contributed by atoms with van der Waals surface area (Å²) < 4.78 is 10.3. The SMILES string of the molecule is COC(=O)CC(C)C(=O)c1ccc(OC)c(Br)c1. The zero-order chi connectivity index (χ0) is 13.7. The van der Waals surface area contributed by atoms with Crippen molar-refractivity contribution in [3.63, 3.8) is 0 Å². The van der Waals surface area contributed by atoms with Crippen molar-refractivity contribution in [2.24, 2.45) is 5.92 Å². The maximum atomic E-state index is 12.1. The number of ether oxygens (including phenoxy) is 2. The highest BCUT2D eigenvalue weighted by Crippen LogP contribution is 2.26. The van der Waals surface area contributed by atoms with E-state index in [0.29, 0.717) is 15.8 Å². The maximum Gasteiger partial charge on any atom is 0.306 e. The molecule has 1 unspecified atom stereocenters. The van der Waals surface area contributed by atoms with Gasteiger partial charge in [-0.15, -0.1) is 0 Å². The van der Waals surface area contributed by atoms with Gasteiger partial charge in [0.1, 0.15) is 5.75 Å². The Morgan fingerprint density at radius 3 is 2.50 bits per heavy atom. The summed E-state index contributed by atoms with van der Waals surface area (Å²) in [5, 5.41) is 0. The van der Waals surface area contributed by atoms with Gasteiger partial charge in [-0.25, -0.2) is 0 Å². The van der Waals surface area contributed by atoms with Crippen LogP contribution in [0.2, 0.25) is 0 Å². The molecule has 0 aromatic heterocycles. The molecular formula is C13H15BrO4. The van der Waals surface area contributed by atoms with Crippen LogP contribution in [0, 0.1) is 5.92 Å². The van der Waals surface area contributed by atoms with Crippen molar-refractivity contribution in [3.8, 4) is 5.75 Å². The topological polar surface area (TPSA) is 52.6 Å². The Kier molecular flexibility index (Phi) is 5.34. The number of hydrogen-bond acceptors (Lipinski definition) is 4. The van der Waals surface area contributed by atoms with E-state index in [1.54, 1.807) is 32.2 Å². The third kappa shape index (κ3) is 3.57. The van der Waals surface area contributed by atoms with Crippen LogP contribution in [0.15, 0.2) is 22.7 Å². The molecule has 98 valence electrons. The van der Waals surface area contributed by atoms with Crippen LogP contribution in [0.3, 0.4) is 0 Å². The number of halogens is 1. The van der Waals surface area contributed by atoms with Gasteiger partial charge in [0, 0.05) is 11.5 Å². The standard InChI is InChI=1S/C13H15BrO4/c1-8(6-12(15)18-3)13(16)9-4-5-11(17-2)10(14)7-9/h4-5,7-8H,6H2,1-3H3. The van der Waals surface area contributed by atoms with Crippen LogP contribution in [0.4, 0.5) is 0 Å². The molecular weight excluding hydrogens is 300 g/mol. The average Bonchev–Trinajstić information content (AvgIpc) is 2.37. The molecule has 0 saturated heterocycles. The van der Waals surface area contributed by atoms with Gasteiger partial charge in [0.15, 0.2) is 5.78 Å². The summed E-state index contributed by atoms with van der Waals surface area (Å²) in [5.41, 5.74) is 0.541. The first-order chi connectivity index (χ1) is 8.49. The van der Waals surface area contributed by atoms with Gasteiger partial charge in [-0.05, 0) is 34.1 Å². The molecule has 0 heterocycles. The van der Waals surface area contributed by atoms with Crippen molar-refractivity contribution >= 4 is 27.7 Å². The highest BCUT2D eigenvalue weighted by atomic mass is 79.9. The van der Waals surface area contributed by atoms with Crippen LogP contribution >= 0.6 is 15.9 Å². The molecule has 1 rings (SSSR count). The highest BCUT2D eigenvalue weighted by molar-refractivity contribution is 9.10. The van der Waals surface area contributed by atoms with Crippen LogP contribution in [0.1, 0.15) is 23.7 Å². The molecule has 0 spiro atoms. The number of benzene rings is 1. The van der Waals surface area contributed by atoms with Crippen LogP contribution in [0.25, 0.3) is 0 Å². The quantitative estimate of drug-likeness (QED) is 0.619. The number of rotatable bonds is 5. The summed E-state index contributed by atoms with van der Waals surface area (Å²) in [6.45, 7) is 1.71. The molecule has 0 fully saturated rings. The number of carbonyl (C=O) groups is 2. The molecule has 0 N–H and O–H groups in total. The first-order valence-corrected chi connectivity index (χ1v) is 6.23. The minimum absolute atomic E-state index is 0.0823. The van der Waals surface area contributed by atoms with Gasteiger partial charge in [-0.1, -0.05) is 6.92 Å². The molecule has 5 heteroatoms. The van der Waals surface area contributed by atoms with Crippen molar-refractivity contribution in [2.45, 2.75) is 13.3 Å². The van der Waals surface area contributed by atoms with Gasteiger partial charge in [-0.2, -0.15) is 0 Å². The van der Waals surface area contributed by atoms with Crippen molar-refractivity contribution in [1.29, 1.82) is 0 Å². The van der Waals surface area contributed by atoms with E-state index in [1.165, 1.54) is 7.11 Å². The fourth-order valence-electron chi connectivity index (χ4n) is 1.53. The lowest BCUT2D eigenvalue weighted by atomic mass is 9.96. The predicted octanol–water partition coefficient (Wildman–Crippen LogP) is 2.84. The second kappa shape index (κ2) is 6.54. The largest absolute Gasteiger partial charge is 0.496 e. The Hall–Kier alpha value is -1.36. The smallest absolute Gasteiger partial charge is 0.306 e. The Balaban J connectivity index is 2.84. The third-order valence-electron chi connectivity index (χ3n) is 2.58. The van der Waals surface area contributed by atoms with E-state index < -0.39 is 5.92 Å². The van der Waals surface area contributed by atoms with Crippen LogP contribution in [0.5, 0.6) is 5.75 Å². The molecule has 0 saturated carbocycles. The molecule has 0 aliphatic heterocycles. The fourth-order valence-corrected chi connectivity index (χ4v) is 2.07. The zero-order valence-electron chi connectivity index (χ0n) is 10.5. The average molecular weight is 315 g/mol. The maximum absolute atomic E-state index is 12.1. The summed E-state index contributed by atoms with van der Waals surface area (Å²) in [6.07, 6.45) is 0.0823. The summed E-state index contributed by atoms with van der Waals surface area (Å²) in [5.74, 6) is -0.225. The summed E-state index contributed by atoms with van der Waals surface area (Å²) >= 11 is 3.32. The summed E-state index contributed by atoms with van der Waals surface area (Å²) in [6, 6.07) is 5.08. The van der Waals surface area contributed by atoms with E-state index >= 15 is 0 Å². The Morgan fingerprint density at radius 2 is 2.00 bits per heavy atom. The fraction of sp³-hybridized carbons (Fsp3) is 0.385. The van der Waals surface area contributed by atoms with Crippen LogP contribution in [-0.4, -0.2) is 26.0 Å². The van der Waals surface area contributed by atoms with E-state index in [4.69, 9.17) is 4.74 Å².